The molecule has 1 rings (SSSR count). The summed E-state index contributed by atoms with van der Waals surface area (Å²) in [5.74, 6) is 0.559. The van der Waals surface area contributed by atoms with E-state index in [1.165, 1.54) is 0 Å². The summed E-state index contributed by atoms with van der Waals surface area (Å²) in [6.45, 7) is 3.76. The normalized spacial score (nSPS) is 21.1. The third-order valence-electron chi connectivity index (χ3n) is 3.77. The monoisotopic (exact) mass is 249 g/mol. The van der Waals surface area contributed by atoms with E-state index >= 15 is 0 Å². The fourth-order valence-electron chi connectivity index (χ4n) is 2.02. The van der Waals surface area contributed by atoms with E-state index in [4.69, 9.17) is 5.73 Å². The van der Waals surface area contributed by atoms with Crippen LogP contribution in [0.2, 0.25) is 0 Å². The third-order valence-corrected chi connectivity index (χ3v) is 5.98. The lowest BCUT2D eigenvalue weighted by Gasteiger charge is -2.30. The molecule has 0 saturated heterocycles. The average molecular weight is 249 g/mol. The molecule has 0 amide bonds. The van der Waals surface area contributed by atoms with Crippen molar-refractivity contribution in [3.63, 3.8) is 0 Å². The molecule has 16 heavy (non-hydrogen) atoms. The Labute approximate surface area is 98.1 Å². The molecular weight excluding hydrogens is 226 g/mol. The summed E-state index contributed by atoms with van der Waals surface area (Å²) in [4.78, 5) is 0. The predicted molar refractivity (Wildman–Crippen MR) is 64.8 cm³/mol. The molecule has 1 unspecified atom stereocenters. The van der Waals surface area contributed by atoms with Gasteiger partial charge in [0.1, 0.15) is 0 Å². The topological polar surface area (TPSA) is 80.4 Å². The van der Waals surface area contributed by atoms with E-state index in [2.05, 4.69) is 0 Å². The van der Waals surface area contributed by atoms with Crippen LogP contribution < -0.4 is 5.73 Å². The van der Waals surface area contributed by atoms with Crippen molar-refractivity contribution in [1.82, 2.24) is 0 Å². The maximum absolute atomic E-state index is 11.7. The summed E-state index contributed by atoms with van der Waals surface area (Å²) in [5, 5.41) is 9.10. The minimum atomic E-state index is -3.02. The van der Waals surface area contributed by atoms with Crippen molar-refractivity contribution in [3.05, 3.63) is 0 Å². The molecule has 1 aliphatic rings. The first-order valence-electron chi connectivity index (χ1n) is 5.90. The molecule has 0 radical (unpaired) electrons. The molecule has 0 spiro atoms. The number of aliphatic hydroxyl groups excluding tert-OH is 1. The summed E-state index contributed by atoms with van der Waals surface area (Å²) >= 11 is 0. The summed E-state index contributed by atoms with van der Waals surface area (Å²) in [7, 11) is -3.02. The van der Waals surface area contributed by atoms with Crippen molar-refractivity contribution in [1.29, 1.82) is 0 Å². The second-order valence-corrected chi connectivity index (χ2v) is 7.84. The maximum atomic E-state index is 11.7. The Morgan fingerprint density at radius 3 is 2.31 bits per heavy atom. The first kappa shape index (κ1) is 13.9. The minimum absolute atomic E-state index is 0.00177. The zero-order chi connectivity index (χ0) is 12.4. The highest BCUT2D eigenvalue weighted by Crippen LogP contribution is 2.47. The van der Waals surface area contributed by atoms with Crippen molar-refractivity contribution in [3.8, 4) is 0 Å². The Morgan fingerprint density at radius 2 is 2.00 bits per heavy atom. The molecule has 1 atom stereocenters. The molecule has 3 N–H and O–H groups in total. The lowest BCUT2D eigenvalue weighted by molar-refractivity contribution is 0.105. The van der Waals surface area contributed by atoms with Gasteiger partial charge in [0.2, 0.25) is 0 Å². The third kappa shape index (κ3) is 2.96. The quantitative estimate of drug-likeness (QED) is 0.690. The lowest BCUT2D eigenvalue weighted by Crippen LogP contribution is -2.39. The van der Waals surface area contributed by atoms with Crippen LogP contribution in [0.15, 0.2) is 0 Å². The first-order chi connectivity index (χ1) is 7.38. The predicted octanol–water partition coefficient (Wildman–Crippen LogP) is 0.547. The zero-order valence-corrected chi connectivity index (χ0v) is 11.0. The molecule has 0 aromatic heterocycles. The van der Waals surface area contributed by atoms with Crippen molar-refractivity contribution >= 4 is 9.84 Å². The largest absolute Gasteiger partial charge is 0.396 e. The average Bonchev–Trinajstić information content (AvgIpc) is 3.04. The Kier molecular flexibility index (Phi) is 4.37. The molecule has 1 fully saturated rings. The van der Waals surface area contributed by atoms with Gasteiger partial charge in [0, 0.05) is 12.0 Å². The molecular formula is C11H23NO3S. The number of aliphatic hydroxyl groups is 1. The number of hydrogen-bond acceptors (Lipinski definition) is 4. The van der Waals surface area contributed by atoms with Crippen LogP contribution in [0.4, 0.5) is 0 Å². The standard InChI is InChI=1S/C11H23NO3S/c1-9(2)16(14,15)6-5-11(7-12,8-13)10-3-4-10/h9-10,13H,3-8,12H2,1-2H3. The molecule has 1 aliphatic carbocycles. The fraction of sp³-hybridized carbons (Fsp3) is 1.00. The molecule has 0 aliphatic heterocycles. The maximum Gasteiger partial charge on any atom is 0.152 e. The number of nitrogens with two attached hydrogens (primary N) is 1. The van der Waals surface area contributed by atoms with Crippen LogP contribution in [0.1, 0.15) is 33.1 Å². The molecule has 0 heterocycles. The smallest absolute Gasteiger partial charge is 0.152 e. The first-order valence-corrected chi connectivity index (χ1v) is 7.62. The van der Waals surface area contributed by atoms with E-state index in [1.54, 1.807) is 13.8 Å². The highest BCUT2D eigenvalue weighted by Gasteiger charge is 2.44. The van der Waals surface area contributed by atoms with Gasteiger partial charge < -0.3 is 10.8 Å². The van der Waals surface area contributed by atoms with Crippen molar-refractivity contribution in [2.24, 2.45) is 17.1 Å². The lowest BCUT2D eigenvalue weighted by atomic mass is 9.81. The van der Waals surface area contributed by atoms with Gasteiger partial charge in [0.05, 0.1) is 17.6 Å². The van der Waals surface area contributed by atoms with Gasteiger partial charge in [-0.1, -0.05) is 0 Å². The molecule has 0 bridgehead atoms. The molecule has 0 aromatic carbocycles. The van der Waals surface area contributed by atoms with Gasteiger partial charge in [-0.3, -0.25) is 0 Å². The summed E-state index contributed by atoms with van der Waals surface area (Å²) in [6.07, 6.45) is 2.63. The zero-order valence-electron chi connectivity index (χ0n) is 10.1. The number of hydrogen-bond donors (Lipinski definition) is 2. The highest BCUT2D eigenvalue weighted by atomic mass is 32.2. The van der Waals surface area contributed by atoms with Gasteiger partial charge >= 0.3 is 0 Å². The number of rotatable bonds is 7. The molecule has 5 heteroatoms. The van der Waals surface area contributed by atoms with Crippen molar-refractivity contribution in [2.45, 2.75) is 38.4 Å². The van der Waals surface area contributed by atoms with Crippen LogP contribution >= 0.6 is 0 Å². The van der Waals surface area contributed by atoms with E-state index in [0.29, 0.717) is 18.9 Å². The van der Waals surface area contributed by atoms with Gasteiger partial charge in [-0.25, -0.2) is 8.42 Å². The van der Waals surface area contributed by atoms with Crippen LogP contribution in [0.25, 0.3) is 0 Å². The van der Waals surface area contributed by atoms with Gasteiger partial charge in [-0.2, -0.15) is 0 Å². The van der Waals surface area contributed by atoms with Gasteiger partial charge in [0.15, 0.2) is 9.84 Å². The minimum Gasteiger partial charge on any atom is -0.396 e. The van der Waals surface area contributed by atoms with Crippen LogP contribution in [-0.2, 0) is 9.84 Å². The molecule has 96 valence electrons. The summed E-state index contributed by atoms with van der Waals surface area (Å²) in [5.41, 5.74) is 5.35. The molecule has 4 nitrogen and oxygen atoms in total. The van der Waals surface area contributed by atoms with Gasteiger partial charge in [-0.15, -0.1) is 0 Å². The fourth-order valence-corrected chi connectivity index (χ4v) is 3.18. The Morgan fingerprint density at radius 1 is 1.44 bits per heavy atom. The van der Waals surface area contributed by atoms with Crippen LogP contribution in [0.3, 0.4) is 0 Å². The molecule has 0 aromatic rings. The second kappa shape index (κ2) is 5.02. The van der Waals surface area contributed by atoms with Gasteiger partial charge in [0.25, 0.3) is 0 Å². The van der Waals surface area contributed by atoms with E-state index in [0.717, 1.165) is 12.8 Å². The van der Waals surface area contributed by atoms with E-state index in [9.17, 15) is 13.5 Å². The van der Waals surface area contributed by atoms with Crippen molar-refractivity contribution < 1.29 is 13.5 Å². The van der Waals surface area contributed by atoms with Crippen LogP contribution in [-0.4, -0.2) is 37.7 Å². The summed E-state index contributed by atoms with van der Waals surface area (Å²) < 4.78 is 23.5. The van der Waals surface area contributed by atoms with E-state index in [-0.39, 0.29) is 23.0 Å². The Balaban J connectivity index is 2.64. The molecule has 1 saturated carbocycles. The van der Waals surface area contributed by atoms with Crippen LogP contribution in [0.5, 0.6) is 0 Å². The van der Waals surface area contributed by atoms with Gasteiger partial charge in [-0.05, 0) is 39.0 Å². The SMILES string of the molecule is CC(C)S(=O)(=O)CCC(CN)(CO)C1CC1. The second-order valence-electron chi connectivity index (χ2n) is 5.16. The van der Waals surface area contributed by atoms with Crippen molar-refractivity contribution in [2.75, 3.05) is 18.9 Å². The van der Waals surface area contributed by atoms with Crippen LogP contribution in [0, 0.1) is 11.3 Å². The Hall–Kier alpha value is -0.130. The van der Waals surface area contributed by atoms with E-state index < -0.39 is 9.84 Å². The number of sulfone groups is 1. The Bertz CT molecular complexity index is 316. The van der Waals surface area contributed by atoms with E-state index in [1.807, 2.05) is 0 Å². The summed E-state index contributed by atoms with van der Waals surface area (Å²) in [6, 6.07) is 0. The highest BCUT2D eigenvalue weighted by molar-refractivity contribution is 7.91.